The summed E-state index contributed by atoms with van der Waals surface area (Å²) in [6.07, 6.45) is 1.91. The van der Waals surface area contributed by atoms with E-state index in [-0.39, 0.29) is 23.3 Å². The maximum absolute atomic E-state index is 12.7. The highest BCUT2D eigenvalue weighted by molar-refractivity contribution is 7.99. The Kier molecular flexibility index (Phi) is 5.79. The van der Waals surface area contributed by atoms with E-state index in [4.69, 9.17) is 4.74 Å². The van der Waals surface area contributed by atoms with Crippen molar-refractivity contribution in [2.24, 2.45) is 0 Å². The van der Waals surface area contributed by atoms with Crippen LogP contribution >= 0.6 is 23.1 Å². The molecule has 1 amide bonds. The van der Waals surface area contributed by atoms with E-state index in [2.05, 4.69) is 22.4 Å². The number of hydrogen-bond donors (Lipinski definition) is 1. The van der Waals surface area contributed by atoms with Crippen LogP contribution < -0.4 is 10.9 Å². The lowest BCUT2D eigenvalue weighted by Gasteiger charge is -2.15. The minimum absolute atomic E-state index is 0.0512. The molecule has 0 saturated heterocycles. The van der Waals surface area contributed by atoms with Gasteiger partial charge in [0.1, 0.15) is 4.70 Å². The van der Waals surface area contributed by atoms with Gasteiger partial charge in [0, 0.05) is 7.11 Å². The molecule has 1 unspecified atom stereocenters. The molecular formula is C20H21N3O3S2. The van der Waals surface area contributed by atoms with Gasteiger partial charge in [0.25, 0.3) is 5.56 Å². The van der Waals surface area contributed by atoms with Crippen molar-refractivity contribution in [2.75, 3.05) is 19.5 Å². The zero-order valence-corrected chi connectivity index (χ0v) is 17.1. The Labute approximate surface area is 170 Å². The van der Waals surface area contributed by atoms with Gasteiger partial charge in [-0.25, -0.2) is 4.98 Å². The van der Waals surface area contributed by atoms with Crippen molar-refractivity contribution in [3.63, 3.8) is 0 Å². The molecule has 0 aliphatic heterocycles. The number of thioether (sulfide) groups is 1. The van der Waals surface area contributed by atoms with Gasteiger partial charge in [-0.3, -0.25) is 14.2 Å². The monoisotopic (exact) mass is 415 g/mol. The second kappa shape index (κ2) is 8.46. The first kappa shape index (κ1) is 19.2. The molecule has 146 valence electrons. The van der Waals surface area contributed by atoms with Crippen molar-refractivity contribution in [3.8, 4) is 0 Å². The molecule has 4 rings (SSSR count). The Morgan fingerprint density at radius 3 is 3.11 bits per heavy atom. The van der Waals surface area contributed by atoms with Crippen LogP contribution in [0.15, 0.2) is 45.7 Å². The predicted octanol–water partition coefficient (Wildman–Crippen LogP) is 3.00. The van der Waals surface area contributed by atoms with Crippen LogP contribution in [0.2, 0.25) is 0 Å². The Morgan fingerprint density at radius 1 is 1.39 bits per heavy atom. The van der Waals surface area contributed by atoms with Crippen molar-refractivity contribution < 1.29 is 9.53 Å². The largest absolute Gasteiger partial charge is 0.383 e. The average Bonchev–Trinajstić information content (AvgIpc) is 3.33. The van der Waals surface area contributed by atoms with Crippen LogP contribution in [0.3, 0.4) is 0 Å². The number of hydrogen-bond acceptors (Lipinski definition) is 6. The number of benzene rings is 1. The molecule has 0 radical (unpaired) electrons. The Balaban J connectivity index is 1.47. The van der Waals surface area contributed by atoms with Crippen molar-refractivity contribution in [3.05, 3.63) is 57.2 Å². The Hall–Kier alpha value is -2.16. The van der Waals surface area contributed by atoms with Crippen LogP contribution in [-0.4, -0.2) is 34.9 Å². The Bertz CT molecular complexity index is 1060. The van der Waals surface area contributed by atoms with Gasteiger partial charge in [-0.1, -0.05) is 36.0 Å². The van der Waals surface area contributed by atoms with Crippen LogP contribution in [0, 0.1) is 0 Å². The number of nitrogens with one attached hydrogen (secondary N) is 1. The molecule has 0 spiro atoms. The van der Waals surface area contributed by atoms with Crippen LogP contribution in [-0.2, 0) is 22.5 Å². The number of rotatable bonds is 7. The summed E-state index contributed by atoms with van der Waals surface area (Å²) in [7, 11) is 1.60. The molecule has 2 heterocycles. The van der Waals surface area contributed by atoms with E-state index in [1.165, 1.54) is 34.2 Å². The fourth-order valence-electron chi connectivity index (χ4n) is 3.49. The van der Waals surface area contributed by atoms with E-state index in [0.29, 0.717) is 28.5 Å². The van der Waals surface area contributed by atoms with Crippen LogP contribution in [0.25, 0.3) is 10.2 Å². The molecule has 1 aromatic carbocycles. The lowest BCUT2D eigenvalue weighted by Crippen LogP contribution is -2.29. The number of fused-ring (bicyclic) bond motifs is 2. The molecule has 28 heavy (non-hydrogen) atoms. The molecule has 8 heteroatoms. The summed E-state index contributed by atoms with van der Waals surface area (Å²) in [5.74, 6) is 0.165. The predicted molar refractivity (Wildman–Crippen MR) is 112 cm³/mol. The third kappa shape index (κ3) is 3.85. The molecule has 6 nitrogen and oxygen atoms in total. The van der Waals surface area contributed by atoms with Gasteiger partial charge in [0.15, 0.2) is 5.16 Å². The van der Waals surface area contributed by atoms with Crippen LogP contribution in [0.5, 0.6) is 0 Å². The molecule has 1 atom stereocenters. The van der Waals surface area contributed by atoms with Crippen molar-refractivity contribution in [1.29, 1.82) is 0 Å². The standard InChI is InChI=1S/C20H21N3O3S2/c1-26-10-9-23-19(25)18-16(8-11-27-18)22-20(23)28-12-17(24)21-15-7-6-13-4-2-3-5-14(13)15/h2-5,8,11,15H,6-7,9-10,12H2,1H3,(H,21,24). The fraction of sp³-hybridized carbons (Fsp3) is 0.350. The number of nitrogens with zero attached hydrogens (tertiary/aromatic N) is 2. The third-order valence-electron chi connectivity index (χ3n) is 4.85. The maximum Gasteiger partial charge on any atom is 0.272 e. The van der Waals surface area contributed by atoms with E-state index in [1.54, 1.807) is 11.7 Å². The zero-order valence-electron chi connectivity index (χ0n) is 15.5. The smallest absolute Gasteiger partial charge is 0.272 e. The normalized spacial score (nSPS) is 15.7. The summed E-state index contributed by atoms with van der Waals surface area (Å²) >= 11 is 2.68. The second-order valence-electron chi connectivity index (χ2n) is 6.63. The first-order valence-electron chi connectivity index (χ1n) is 9.14. The third-order valence-corrected chi connectivity index (χ3v) is 6.72. The first-order valence-corrected chi connectivity index (χ1v) is 11.0. The van der Waals surface area contributed by atoms with Gasteiger partial charge in [-0.15, -0.1) is 11.3 Å². The van der Waals surface area contributed by atoms with E-state index in [1.807, 2.05) is 23.6 Å². The van der Waals surface area contributed by atoms with Crippen molar-refractivity contribution >= 4 is 39.2 Å². The molecule has 1 aliphatic carbocycles. The number of carbonyl (C=O) groups is 1. The minimum atomic E-state index is -0.0790. The summed E-state index contributed by atoms with van der Waals surface area (Å²) in [5, 5.41) is 5.53. The summed E-state index contributed by atoms with van der Waals surface area (Å²) in [5.41, 5.74) is 3.11. The first-order chi connectivity index (χ1) is 13.7. The number of thiophene rings is 1. The van der Waals surface area contributed by atoms with Gasteiger partial charge in [-0.2, -0.15) is 0 Å². The lowest BCUT2D eigenvalue weighted by atomic mass is 10.1. The lowest BCUT2D eigenvalue weighted by molar-refractivity contribution is -0.119. The SMILES string of the molecule is COCCn1c(SCC(=O)NC2CCc3ccccc32)nc2ccsc2c1=O. The molecule has 1 aliphatic rings. The van der Waals surface area contributed by atoms with Crippen molar-refractivity contribution in [1.82, 2.24) is 14.9 Å². The van der Waals surface area contributed by atoms with Crippen molar-refractivity contribution in [2.45, 2.75) is 30.6 Å². The Morgan fingerprint density at radius 2 is 2.25 bits per heavy atom. The van der Waals surface area contributed by atoms with Gasteiger partial charge in [-0.05, 0) is 35.4 Å². The summed E-state index contributed by atoms with van der Waals surface area (Å²) in [4.78, 5) is 29.9. The molecule has 1 N–H and O–H groups in total. The number of ether oxygens (including phenoxy) is 1. The summed E-state index contributed by atoms with van der Waals surface area (Å²) in [6.45, 7) is 0.827. The fourth-order valence-corrected chi connectivity index (χ4v) is 5.10. The van der Waals surface area contributed by atoms with E-state index in [9.17, 15) is 9.59 Å². The number of aryl methyl sites for hydroxylation is 1. The summed E-state index contributed by atoms with van der Waals surface area (Å²) in [6, 6.07) is 10.1. The number of amides is 1. The van der Waals surface area contributed by atoms with Gasteiger partial charge >= 0.3 is 0 Å². The molecule has 0 saturated carbocycles. The quantitative estimate of drug-likeness (QED) is 0.474. The zero-order chi connectivity index (χ0) is 19.5. The molecular weight excluding hydrogens is 394 g/mol. The highest BCUT2D eigenvalue weighted by Gasteiger charge is 2.23. The maximum atomic E-state index is 12.7. The minimum Gasteiger partial charge on any atom is -0.383 e. The van der Waals surface area contributed by atoms with Gasteiger partial charge < -0.3 is 10.1 Å². The average molecular weight is 416 g/mol. The van der Waals surface area contributed by atoms with Gasteiger partial charge in [0.05, 0.1) is 30.5 Å². The second-order valence-corrected chi connectivity index (χ2v) is 8.48. The summed E-state index contributed by atoms with van der Waals surface area (Å²) < 4.78 is 7.36. The molecule has 2 aromatic heterocycles. The van der Waals surface area contributed by atoms with E-state index >= 15 is 0 Å². The molecule has 3 aromatic rings. The van der Waals surface area contributed by atoms with E-state index in [0.717, 1.165) is 12.8 Å². The topological polar surface area (TPSA) is 73.2 Å². The highest BCUT2D eigenvalue weighted by Crippen LogP contribution is 2.31. The number of carbonyl (C=O) groups excluding carboxylic acids is 1. The van der Waals surface area contributed by atoms with Crippen LogP contribution in [0.1, 0.15) is 23.6 Å². The number of methoxy groups -OCH3 is 1. The molecule has 0 bridgehead atoms. The van der Waals surface area contributed by atoms with E-state index < -0.39 is 0 Å². The highest BCUT2D eigenvalue weighted by atomic mass is 32.2. The molecule has 0 fully saturated rings. The van der Waals surface area contributed by atoms with Gasteiger partial charge in [0.2, 0.25) is 5.91 Å². The van der Waals surface area contributed by atoms with Crippen LogP contribution in [0.4, 0.5) is 0 Å². The number of aromatic nitrogens is 2.